The zero-order valence-electron chi connectivity index (χ0n) is 17.7. The van der Waals surface area contributed by atoms with Gasteiger partial charge in [-0.3, -0.25) is 0 Å². The fraction of sp³-hybridized carbons (Fsp3) is 1.00. The van der Waals surface area contributed by atoms with Crippen LogP contribution in [0.2, 0.25) is 0 Å². The maximum atomic E-state index is 10.8. The van der Waals surface area contributed by atoms with Crippen molar-refractivity contribution in [2.45, 2.75) is 92.1 Å². The first-order valence-electron chi connectivity index (χ1n) is 10.6. The molecule has 0 unspecified atom stereocenters. The van der Waals surface area contributed by atoms with Crippen molar-refractivity contribution in [2.24, 2.45) is 0 Å². The van der Waals surface area contributed by atoms with E-state index in [0.29, 0.717) is 0 Å². The number of aliphatic hydroxyl groups excluding tert-OH is 11. The molecule has 34 heavy (non-hydrogen) atoms. The molecule has 0 aromatic rings. The number of ether oxygens (including phenoxy) is 5. The molecule has 0 aromatic carbocycles. The Morgan fingerprint density at radius 2 is 0.941 bits per heavy atom. The highest BCUT2D eigenvalue weighted by Gasteiger charge is 2.53. The Labute approximate surface area is 192 Å². The van der Waals surface area contributed by atoms with Crippen molar-refractivity contribution in [3.63, 3.8) is 0 Å². The zero-order chi connectivity index (χ0) is 25.3. The number of hydrogen-bond acceptors (Lipinski definition) is 16. The molecule has 3 saturated heterocycles. The summed E-state index contributed by atoms with van der Waals surface area (Å²) in [7, 11) is 0. The van der Waals surface area contributed by atoms with Gasteiger partial charge in [-0.1, -0.05) is 0 Å². The Morgan fingerprint density at radius 1 is 0.441 bits per heavy atom. The molecule has 16 nitrogen and oxygen atoms in total. The first-order chi connectivity index (χ1) is 16.0. The highest BCUT2D eigenvalue weighted by atomic mass is 16.7. The van der Waals surface area contributed by atoms with Gasteiger partial charge in [-0.2, -0.15) is 0 Å². The third-order valence-corrected chi connectivity index (χ3v) is 6.09. The molecule has 0 amide bonds. The summed E-state index contributed by atoms with van der Waals surface area (Å²) in [5.74, 6) is 0. The standard InChI is InChI=1S/C18H32O16/c19-1-4-7(22)9(24)12(27)17(31-4)34-15-8(23)5(2-20)32-18(13(15)28)33-14-6(3-21)30-16(29)11(26)10(14)25/h4-29H,1-3H2/t4-,5-,6-,7+,8-,9+,10-,11-,12-,13-,14-,15+,16-,17+,18-/m1/s1. The summed E-state index contributed by atoms with van der Waals surface area (Å²) in [5.41, 5.74) is 0. The first-order valence-corrected chi connectivity index (χ1v) is 10.6. The van der Waals surface area contributed by atoms with Gasteiger partial charge in [0.25, 0.3) is 0 Å². The Hall–Kier alpha value is -0.640. The Bertz CT molecular complexity index is 637. The molecule has 0 aromatic heterocycles. The van der Waals surface area contributed by atoms with Crippen molar-refractivity contribution in [1.29, 1.82) is 0 Å². The molecular formula is C18H32O16. The lowest BCUT2D eigenvalue weighted by Gasteiger charge is -2.47. The second-order valence-corrected chi connectivity index (χ2v) is 8.33. The van der Waals surface area contributed by atoms with Crippen LogP contribution in [-0.4, -0.2) is 168 Å². The second kappa shape index (κ2) is 11.6. The predicted octanol–water partition coefficient (Wildman–Crippen LogP) is -7.57. The smallest absolute Gasteiger partial charge is 0.187 e. The topological polar surface area (TPSA) is 269 Å². The third kappa shape index (κ3) is 5.37. The Morgan fingerprint density at radius 3 is 1.50 bits per heavy atom. The van der Waals surface area contributed by atoms with E-state index in [1.54, 1.807) is 0 Å². The van der Waals surface area contributed by atoms with Gasteiger partial charge < -0.3 is 79.9 Å². The van der Waals surface area contributed by atoms with Gasteiger partial charge in [0, 0.05) is 0 Å². The van der Waals surface area contributed by atoms with Crippen molar-refractivity contribution in [2.75, 3.05) is 19.8 Å². The summed E-state index contributed by atoms with van der Waals surface area (Å²) >= 11 is 0. The molecule has 3 heterocycles. The average Bonchev–Trinajstić information content (AvgIpc) is 2.83. The quantitative estimate of drug-likeness (QED) is 0.154. The molecule has 0 radical (unpaired) electrons. The summed E-state index contributed by atoms with van der Waals surface area (Å²) in [6.07, 6.45) is -25.4. The molecule has 200 valence electrons. The minimum absolute atomic E-state index is 0.759. The average molecular weight is 504 g/mol. The number of rotatable bonds is 7. The molecule has 16 heteroatoms. The van der Waals surface area contributed by atoms with Gasteiger partial charge in [-0.05, 0) is 0 Å². The fourth-order valence-electron chi connectivity index (χ4n) is 4.05. The van der Waals surface area contributed by atoms with Crippen LogP contribution in [0, 0.1) is 0 Å². The van der Waals surface area contributed by atoms with E-state index >= 15 is 0 Å². The molecule has 3 fully saturated rings. The monoisotopic (exact) mass is 504 g/mol. The van der Waals surface area contributed by atoms with Crippen LogP contribution in [0.3, 0.4) is 0 Å². The van der Waals surface area contributed by atoms with Crippen LogP contribution in [0.25, 0.3) is 0 Å². The number of hydrogen-bond donors (Lipinski definition) is 11. The Kier molecular flexibility index (Phi) is 9.54. The van der Waals surface area contributed by atoms with E-state index in [2.05, 4.69) is 0 Å². The molecule has 3 aliphatic heterocycles. The highest BCUT2D eigenvalue weighted by molar-refractivity contribution is 4.96. The summed E-state index contributed by atoms with van der Waals surface area (Å²) < 4.78 is 26.4. The SMILES string of the molecule is OC[C@H]1O[C@@H](O[C@@H]2[C@@H](O)[C@@H](O[C@H]3[C@H](O)[C@@H](O)[C@H](O)O[C@@H]3CO)O[C@H](CO)[C@H]2O)[C@H](O)[C@@H](O)[C@H]1O. The van der Waals surface area contributed by atoms with E-state index in [9.17, 15) is 56.2 Å². The minimum Gasteiger partial charge on any atom is -0.394 e. The first kappa shape index (κ1) is 27.9. The third-order valence-electron chi connectivity index (χ3n) is 6.09. The van der Waals surface area contributed by atoms with E-state index in [1.807, 2.05) is 0 Å². The maximum Gasteiger partial charge on any atom is 0.187 e. The van der Waals surface area contributed by atoms with Gasteiger partial charge in [0.1, 0.15) is 73.2 Å². The van der Waals surface area contributed by atoms with E-state index in [-0.39, 0.29) is 0 Å². The fourth-order valence-corrected chi connectivity index (χ4v) is 4.05. The van der Waals surface area contributed by atoms with Crippen molar-refractivity contribution in [1.82, 2.24) is 0 Å². The molecule has 15 atom stereocenters. The van der Waals surface area contributed by atoms with Crippen LogP contribution in [0.1, 0.15) is 0 Å². The molecule has 0 aliphatic carbocycles. The number of aliphatic hydroxyl groups is 11. The second-order valence-electron chi connectivity index (χ2n) is 8.33. The van der Waals surface area contributed by atoms with Crippen LogP contribution in [-0.2, 0) is 23.7 Å². The van der Waals surface area contributed by atoms with Crippen LogP contribution < -0.4 is 0 Å². The van der Waals surface area contributed by atoms with E-state index in [1.165, 1.54) is 0 Å². The predicted molar refractivity (Wildman–Crippen MR) is 101 cm³/mol. The molecular weight excluding hydrogens is 472 g/mol. The minimum atomic E-state index is -1.90. The lowest BCUT2D eigenvalue weighted by molar-refractivity contribution is -0.378. The highest BCUT2D eigenvalue weighted by Crippen LogP contribution is 2.32. The van der Waals surface area contributed by atoms with Crippen LogP contribution >= 0.6 is 0 Å². The molecule has 0 bridgehead atoms. The summed E-state index contributed by atoms with van der Waals surface area (Å²) in [6.45, 7) is -2.34. The van der Waals surface area contributed by atoms with Crippen LogP contribution in [0.4, 0.5) is 0 Å². The normalized spacial score (nSPS) is 52.5. The van der Waals surface area contributed by atoms with Crippen molar-refractivity contribution in [3.8, 4) is 0 Å². The van der Waals surface area contributed by atoms with E-state index in [4.69, 9.17) is 23.7 Å². The molecule has 3 rings (SSSR count). The van der Waals surface area contributed by atoms with Gasteiger partial charge in [0.15, 0.2) is 18.9 Å². The van der Waals surface area contributed by atoms with Crippen molar-refractivity contribution < 1.29 is 79.9 Å². The maximum absolute atomic E-state index is 10.8. The van der Waals surface area contributed by atoms with Gasteiger partial charge in [-0.25, -0.2) is 0 Å². The lowest BCUT2D eigenvalue weighted by atomic mass is 9.96. The van der Waals surface area contributed by atoms with Gasteiger partial charge >= 0.3 is 0 Å². The summed E-state index contributed by atoms with van der Waals surface area (Å²) in [4.78, 5) is 0. The van der Waals surface area contributed by atoms with Crippen LogP contribution in [0.15, 0.2) is 0 Å². The van der Waals surface area contributed by atoms with Gasteiger partial charge in [0.05, 0.1) is 19.8 Å². The van der Waals surface area contributed by atoms with Gasteiger partial charge in [0.2, 0.25) is 0 Å². The largest absolute Gasteiger partial charge is 0.394 e. The lowest BCUT2D eigenvalue weighted by Crippen LogP contribution is -2.66. The van der Waals surface area contributed by atoms with E-state index < -0.39 is 112 Å². The molecule has 11 N–H and O–H groups in total. The molecule has 0 saturated carbocycles. The van der Waals surface area contributed by atoms with Gasteiger partial charge in [-0.15, -0.1) is 0 Å². The summed E-state index contributed by atoms with van der Waals surface area (Å²) in [6, 6.07) is 0. The zero-order valence-corrected chi connectivity index (χ0v) is 17.7. The molecule has 3 aliphatic rings. The van der Waals surface area contributed by atoms with Crippen molar-refractivity contribution in [3.05, 3.63) is 0 Å². The van der Waals surface area contributed by atoms with Crippen molar-refractivity contribution >= 4 is 0 Å². The van der Waals surface area contributed by atoms with E-state index in [0.717, 1.165) is 0 Å². The summed E-state index contributed by atoms with van der Waals surface area (Å²) in [5, 5.41) is 109. The molecule has 0 spiro atoms. The van der Waals surface area contributed by atoms with Crippen LogP contribution in [0.5, 0.6) is 0 Å². The Balaban J connectivity index is 1.78.